The van der Waals surface area contributed by atoms with Gasteiger partial charge in [0.2, 0.25) is 5.91 Å². The van der Waals surface area contributed by atoms with Crippen molar-refractivity contribution in [3.05, 3.63) is 71.1 Å². The highest BCUT2D eigenvalue weighted by Gasteiger charge is 2.36. The van der Waals surface area contributed by atoms with Crippen molar-refractivity contribution in [3.8, 4) is 11.1 Å². The minimum absolute atomic E-state index is 0.00218. The third kappa shape index (κ3) is 4.80. The summed E-state index contributed by atoms with van der Waals surface area (Å²) in [6.45, 7) is 5.08. The summed E-state index contributed by atoms with van der Waals surface area (Å²) in [4.78, 5) is 38.2. The molecule has 0 radical (unpaired) electrons. The molecule has 0 bridgehead atoms. The lowest BCUT2D eigenvalue weighted by Gasteiger charge is -2.29. The van der Waals surface area contributed by atoms with E-state index in [0.717, 1.165) is 24.0 Å². The summed E-state index contributed by atoms with van der Waals surface area (Å²) < 4.78 is 5.14. The van der Waals surface area contributed by atoms with Gasteiger partial charge in [-0.3, -0.25) is 14.4 Å². The average molecular weight is 445 g/mol. The maximum atomic E-state index is 13.4. The van der Waals surface area contributed by atoms with Crippen molar-refractivity contribution in [2.75, 3.05) is 5.32 Å². The lowest BCUT2D eigenvalue weighted by atomic mass is 9.75. The summed E-state index contributed by atoms with van der Waals surface area (Å²) in [6, 6.07) is 14.9. The Kier molecular flexibility index (Phi) is 6.54. The van der Waals surface area contributed by atoms with E-state index in [1.54, 1.807) is 26.8 Å². The van der Waals surface area contributed by atoms with E-state index >= 15 is 0 Å². The topological polar surface area (TPSA) is 89.3 Å². The number of hydrogen-bond donors (Lipinski definition) is 1. The number of anilines is 1. The SMILES string of the molecule is CC(=O)c1cccc(-c2ccc(C(=O)[C@@H]3CCCC[C@H]3C(=O)Nc3c(C)noc3C)cc2)c1. The average Bonchev–Trinajstić information content (AvgIpc) is 3.15. The molecule has 0 unspecified atom stereocenters. The van der Waals surface area contributed by atoms with Crippen LogP contribution in [0, 0.1) is 25.7 Å². The molecule has 2 aromatic carbocycles. The van der Waals surface area contributed by atoms with Crippen LogP contribution in [0.2, 0.25) is 0 Å². The molecule has 3 aromatic rings. The third-order valence-corrected chi connectivity index (χ3v) is 6.49. The Morgan fingerprint density at radius 1 is 0.909 bits per heavy atom. The quantitative estimate of drug-likeness (QED) is 0.486. The Labute approximate surface area is 193 Å². The Morgan fingerprint density at radius 2 is 1.61 bits per heavy atom. The van der Waals surface area contributed by atoms with Gasteiger partial charge >= 0.3 is 0 Å². The molecule has 170 valence electrons. The first-order valence-corrected chi connectivity index (χ1v) is 11.3. The minimum atomic E-state index is -0.383. The number of aryl methyl sites for hydroxylation is 2. The predicted molar refractivity (Wildman–Crippen MR) is 126 cm³/mol. The molecule has 0 aliphatic heterocycles. The standard InChI is InChI=1S/C27H28N2O4/c1-16-25(18(3)33-29-16)28-27(32)24-10-5-4-9-23(24)26(31)20-13-11-19(12-14-20)22-8-6-7-21(15-22)17(2)30/h6-8,11-15,23-24H,4-5,9-10H2,1-3H3,(H,28,32)/t23-,24-/m1/s1. The summed E-state index contributed by atoms with van der Waals surface area (Å²) >= 11 is 0. The van der Waals surface area contributed by atoms with E-state index in [9.17, 15) is 14.4 Å². The summed E-state index contributed by atoms with van der Waals surface area (Å²) in [7, 11) is 0. The first kappa shape index (κ1) is 22.6. The molecule has 1 fully saturated rings. The normalized spacial score (nSPS) is 18.0. The Balaban J connectivity index is 1.52. The monoisotopic (exact) mass is 444 g/mol. The second-order valence-corrected chi connectivity index (χ2v) is 8.76. The molecule has 6 heteroatoms. The first-order valence-electron chi connectivity index (χ1n) is 11.3. The zero-order chi connectivity index (χ0) is 23.5. The van der Waals surface area contributed by atoms with Crippen molar-refractivity contribution in [3.63, 3.8) is 0 Å². The molecular weight excluding hydrogens is 416 g/mol. The van der Waals surface area contributed by atoms with Crippen molar-refractivity contribution in [1.82, 2.24) is 5.16 Å². The summed E-state index contributed by atoms with van der Waals surface area (Å²) in [5.74, 6) is -0.318. The number of Topliss-reactive ketones (excluding diaryl/α,β-unsaturated/α-hetero) is 2. The fraction of sp³-hybridized carbons (Fsp3) is 0.333. The van der Waals surface area contributed by atoms with E-state index in [0.29, 0.717) is 41.1 Å². The molecule has 1 heterocycles. The predicted octanol–water partition coefficient (Wildman–Crippen LogP) is 5.79. The van der Waals surface area contributed by atoms with Gasteiger partial charge in [0.25, 0.3) is 0 Å². The van der Waals surface area contributed by atoms with Crippen LogP contribution in [-0.4, -0.2) is 22.6 Å². The van der Waals surface area contributed by atoms with Gasteiger partial charge in [0, 0.05) is 23.0 Å². The molecule has 1 amide bonds. The minimum Gasteiger partial charge on any atom is -0.359 e. The number of rotatable bonds is 6. The van der Waals surface area contributed by atoms with E-state index in [2.05, 4.69) is 10.5 Å². The Bertz CT molecular complexity index is 1170. The number of amides is 1. The highest BCUT2D eigenvalue weighted by Crippen LogP contribution is 2.34. The number of hydrogen-bond acceptors (Lipinski definition) is 5. The molecule has 1 aliphatic rings. The number of ketones is 2. The zero-order valence-electron chi connectivity index (χ0n) is 19.2. The lowest BCUT2D eigenvalue weighted by molar-refractivity contribution is -0.122. The molecule has 1 aromatic heterocycles. The maximum Gasteiger partial charge on any atom is 0.228 e. The van der Waals surface area contributed by atoms with Crippen LogP contribution in [0.25, 0.3) is 11.1 Å². The number of nitrogens with one attached hydrogen (secondary N) is 1. The number of carbonyl (C=O) groups excluding carboxylic acids is 3. The molecule has 33 heavy (non-hydrogen) atoms. The van der Waals surface area contributed by atoms with Crippen LogP contribution in [-0.2, 0) is 4.79 Å². The van der Waals surface area contributed by atoms with Gasteiger partial charge in [0.05, 0.1) is 0 Å². The lowest BCUT2D eigenvalue weighted by Crippen LogP contribution is -2.36. The van der Waals surface area contributed by atoms with Crippen LogP contribution in [0.1, 0.15) is 64.8 Å². The fourth-order valence-corrected chi connectivity index (χ4v) is 4.59. The largest absolute Gasteiger partial charge is 0.359 e. The van der Waals surface area contributed by atoms with Crippen LogP contribution in [0.3, 0.4) is 0 Å². The highest BCUT2D eigenvalue weighted by molar-refractivity contribution is 6.03. The molecule has 1 saturated carbocycles. The number of aromatic nitrogens is 1. The summed E-state index contributed by atoms with van der Waals surface area (Å²) in [5.41, 5.74) is 4.34. The van der Waals surface area contributed by atoms with Crippen molar-refractivity contribution in [2.24, 2.45) is 11.8 Å². The maximum absolute atomic E-state index is 13.4. The molecule has 4 rings (SSSR count). The van der Waals surface area contributed by atoms with Gasteiger partial charge in [-0.2, -0.15) is 0 Å². The number of benzene rings is 2. The Hall–Kier alpha value is -3.54. The second kappa shape index (κ2) is 9.53. The Morgan fingerprint density at radius 3 is 2.24 bits per heavy atom. The summed E-state index contributed by atoms with van der Waals surface area (Å²) in [6.07, 6.45) is 3.23. The van der Waals surface area contributed by atoms with Crippen molar-refractivity contribution < 1.29 is 18.9 Å². The molecule has 0 spiro atoms. The molecule has 1 N–H and O–H groups in total. The van der Waals surface area contributed by atoms with Crippen molar-refractivity contribution in [2.45, 2.75) is 46.5 Å². The van der Waals surface area contributed by atoms with E-state index in [-0.39, 0.29) is 29.3 Å². The first-order chi connectivity index (χ1) is 15.8. The van der Waals surface area contributed by atoms with E-state index in [4.69, 9.17) is 4.52 Å². The molecule has 2 atom stereocenters. The van der Waals surface area contributed by atoms with Gasteiger partial charge in [-0.1, -0.05) is 60.5 Å². The molecule has 1 aliphatic carbocycles. The summed E-state index contributed by atoms with van der Waals surface area (Å²) in [5, 5.41) is 6.82. The van der Waals surface area contributed by atoms with Crippen LogP contribution < -0.4 is 5.32 Å². The van der Waals surface area contributed by atoms with Crippen LogP contribution in [0.5, 0.6) is 0 Å². The van der Waals surface area contributed by atoms with Crippen molar-refractivity contribution >= 4 is 23.2 Å². The van der Waals surface area contributed by atoms with Gasteiger partial charge < -0.3 is 9.84 Å². The van der Waals surface area contributed by atoms with E-state index in [1.165, 1.54) is 0 Å². The van der Waals surface area contributed by atoms with Crippen LogP contribution >= 0.6 is 0 Å². The van der Waals surface area contributed by atoms with E-state index < -0.39 is 0 Å². The third-order valence-electron chi connectivity index (χ3n) is 6.49. The smallest absolute Gasteiger partial charge is 0.228 e. The molecular formula is C27H28N2O4. The highest BCUT2D eigenvalue weighted by atomic mass is 16.5. The van der Waals surface area contributed by atoms with E-state index in [1.807, 2.05) is 42.5 Å². The van der Waals surface area contributed by atoms with Gasteiger partial charge in [-0.05, 0) is 50.8 Å². The molecule has 6 nitrogen and oxygen atoms in total. The van der Waals surface area contributed by atoms with Gasteiger partial charge in [-0.15, -0.1) is 0 Å². The van der Waals surface area contributed by atoms with Gasteiger partial charge in [0.15, 0.2) is 17.3 Å². The molecule has 0 saturated heterocycles. The number of nitrogens with zero attached hydrogens (tertiary/aromatic N) is 1. The fourth-order valence-electron chi connectivity index (χ4n) is 4.59. The van der Waals surface area contributed by atoms with Crippen LogP contribution in [0.15, 0.2) is 53.1 Å². The zero-order valence-corrected chi connectivity index (χ0v) is 19.2. The number of carbonyl (C=O) groups is 3. The van der Waals surface area contributed by atoms with Gasteiger partial charge in [0.1, 0.15) is 11.4 Å². The van der Waals surface area contributed by atoms with Crippen LogP contribution in [0.4, 0.5) is 5.69 Å². The van der Waals surface area contributed by atoms with Gasteiger partial charge in [-0.25, -0.2) is 0 Å². The van der Waals surface area contributed by atoms with Crippen molar-refractivity contribution in [1.29, 1.82) is 0 Å². The second-order valence-electron chi connectivity index (χ2n) is 8.76.